The van der Waals surface area contributed by atoms with Gasteiger partial charge in [-0.3, -0.25) is 9.59 Å². The SMILES string of the molecule is COC(=O)C1CC1n1nc(Cl)c(C)cc1=O. The van der Waals surface area contributed by atoms with Gasteiger partial charge in [0.05, 0.1) is 19.1 Å². The summed E-state index contributed by atoms with van der Waals surface area (Å²) in [7, 11) is 1.33. The van der Waals surface area contributed by atoms with Crippen molar-refractivity contribution in [2.75, 3.05) is 7.11 Å². The second-order valence-corrected chi connectivity index (χ2v) is 4.19. The van der Waals surface area contributed by atoms with Crippen molar-refractivity contribution in [2.24, 2.45) is 5.92 Å². The predicted octanol–water partition coefficient (Wildman–Crippen LogP) is 0.939. The van der Waals surface area contributed by atoms with Crippen molar-refractivity contribution < 1.29 is 9.53 Å². The molecule has 1 heterocycles. The van der Waals surface area contributed by atoms with Crippen molar-refractivity contribution in [3.05, 3.63) is 27.1 Å². The fourth-order valence-electron chi connectivity index (χ4n) is 1.63. The summed E-state index contributed by atoms with van der Waals surface area (Å²) in [5.74, 6) is -0.579. The first-order valence-corrected chi connectivity index (χ1v) is 5.26. The average molecular weight is 243 g/mol. The Bertz CT molecular complexity index is 497. The molecule has 5 nitrogen and oxygen atoms in total. The van der Waals surface area contributed by atoms with Crippen LogP contribution >= 0.6 is 11.6 Å². The summed E-state index contributed by atoms with van der Waals surface area (Å²) < 4.78 is 5.87. The van der Waals surface area contributed by atoms with Crippen LogP contribution < -0.4 is 5.56 Å². The fraction of sp³-hybridized carbons (Fsp3) is 0.500. The largest absolute Gasteiger partial charge is 0.469 e. The van der Waals surface area contributed by atoms with E-state index in [-0.39, 0.29) is 28.6 Å². The molecule has 2 unspecified atom stereocenters. The Labute approximate surface area is 97.0 Å². The quantitative estimate of drug-likeness (QED) is 0.724. The van der Waals surface area contributed by atoms with Gasteiger partial charge in [0.1, 0.15) is 0 Å². The van der Waals surface area contributed by atoms with Gasteiger partial charge < -0.3 is 4.74 Å². The lowest BCUT2D eigenvalue weighted by Crippen LogP contribution is -2.23. The first-order valence-electron chi connectivity index (χ1n) is 4.88. The summed E-state index contributed by atoms with van der Waals surface area (Å²) >= 11 is 5.83. The number of carbonyl (C=O) groups is 1. The monoisotopic (exact) mass is 242 g/mol. The van der Waals surface area contributed by atoms with Crippen molar-refractivity contribution >= 4 is 17.6 Å². The lowest BCUT2D eigenvalue weighted by atomic mass is 10.3. The van der Waals surface area contributed by atoms with Crippen LogP contribution in [0.2, 0.25) is 5.15 Å². The van der Waals surface area contributed by atoms with E-state index >= 15 is 0 Å². The Kier molecular flexibility index (Phi) is 2.71. The highest BCUT2D eigenvalue weighted by molar-refractivity contribution is 6.30. The van der Waals surface area contributed by atoms with Crippen LogP contribution in [0.1, 0.15) is 18.0 Å². The van der Waals surface area contributed by atoms with Gasteiger partial charge in [-0.05, 0) is 18.9 Å². The summed E-state index contributed by atoms with van der Waals surface area (Å²) in [5, 5.41) is 4.25. The summed E-state index contributed by atoms with van der Waals surface area (Å²) in [6.45, 7) is 1.71. The molecular weight excluding hydrogens is 232 g/mol. The number of esters is 1. The Morgan fingerprint density at radius 2 is 2.38 bits per heavy atom. The summed E-state index contributed by atoms with van der Waals surface area (Å²) in [5.41, 5.74) is 0.400. The third-order valence-electron chi connectivity index (χ3n) is 2.66. The van der Waals surface area contributed by atoms with Crippen LogP contribution in [0.3, 0.4) is 0 Å². The minimum absolute atomic E-state index is 0.210. The second kappa shape index (κ2) is 3.90. The maximum absolute atomic E-state index is 11.6. The number of ether oxygens (including phenoxy) is 1. The summed E-state index contributed by atoms with van der Waals surface area (Å²) in [6.07, 6.45) is 0.582. The van der Waals surface area contributed by atoms with E-state index in [1.807, 2.05) is 0 Å². The zero-order valence-corrected chi connectivity index (χ0v) is 9.69. The Morgan fingerprint density at radius 1 is 1.69 bits per heavy atom. The van der Waals surface area contributed by atoms with Crippen LogP contribution in [-0.4, -0.2) is 22.9 Å². The molecule has 0 saturated heterocycles. The highest BCUT2D eigenvalue weighted by Crippen LogP contribution is 2.42. The maximum atomic E-state index is 11.6. The molecule has 16 heavy (non-hydrogen) atoms. The molecule has 0 aromatic carbocycles. The van der Waals surface area contributed by atoms with E-state index in [1.54, 1.807) is 6.92 Å². The van der Waals surface area contributed by atoms with Crippen molar-refractivity contribution in [3.8, 4) is 0 Å². The molecule has 0 N–H and O–H groups in total. The number of aryl methyl sites for hydroxylation is 1. The molecule has 1 aromatic rings. The van der Waals surface area contributed by atoms with Gasteiger partial charge in [-0.2, -0.15) is 5.10 Å². The number of halogens is 1. The summed E-state index contributed by atoms with van der Waals surface area (Å²) in [6, 6.07) is 1.21. The van der Waals surface area contributed by atoms with Crippen molar-refractivity contribution in [1.29, 1.82) is 0 Å². The molecule has 1 fully saturated rings. The number of carbonyl (C=O) groups excluding carboxylic acids is 1. The Morgan fingerprint density at radius 3 is 3.00 bits per heavy atom. The van der Waals surface area contributed by atoms with Gasteiger partial charge in [0.2, 0.25) is 0 Å². The highest BCUT2D eigenvalue weighted by atomic mass is 35.5. The van der Waals surface area contributed by atoms with E-state index in [1.165, 1.54) is 17.9 Å². The van der Waals surface area contributed by atoms with Crippen LogP contribution in [-0.2, 0) is 9.53 Å². The predicted molar refractivity (Wildman–Crippen MR) is 57.4 cm³/mol. The van der Waals surface area contributed by atoms with Gasteiger partial charge in [-0.15, -0.1) is 0 Å². The van der Waals surface area contributed by atoms with Crippen LogP contribution in [0.25, 0.3) is 0 Å². The van der Waals surface area contributed by atoms with E-state index < -0.39 is 0 Å². The van der Waals surface area contributed by atoms with Gasteiger partial charge in [0.25, 0.3) is 5.56 Å². The number of hydrogen-bond donors (Lipinski definition) is 0. The maximum Gasteiger partial charge on any atom is 0.310 e. The fourth-order valence-corrected chi connectivity index (χ4v) is 1.76. The molecule has 0 aliphatic heterocycles. The number of rotatable bonds is 2. The van der Waals surface area contributed by atoms with E-state index in [9.17, 15) is 9.59 Å². The summed E-state index contributed by atoms with van der Waals surface area (Å²) in [4.78, 5) is 22.8. The third kappa shape index (κ3) is 1.82. The minimum atomic E-state index is -0.310. The molecule has 0 spiro atoms. The smallest absolute Gasteiger partial charge is 0.310 e. The highest BCUT2D eigenvalue weighted by Gasteiger charge is 2.47. The molecule has 0 radical (unpaired) electrons. The molecule has 86 valence electrons. The number of nitrogens with zero attached hydrogens (tertiary/aromatic N) is 2. The third-order valence-corrected chi connectivity index (χ3v) is 3.04. The average Bonchev–Trinajstić information content (AvgIpc) is 3.02. The van der Waals surface area contributed by atoms with E-state index in [0.29, 0.717) is 12.0 Å². The standard InChI is InChI=1S/C10H11ClN2O3/c1-5-3-8(14)13(12-9(5)11)7-4-6(7)10(15)16-2/h3,6-7H,4H2,1-2H3. The molecule has 6 heteroatoms. The van der Waals surface area contributed by atoms with Crippen molar-refractivity contribution in [1.82, 2.24) is 9.78 Å². The minimum Gasteiger partial charge on any atom is -0.469 e. The number of hydrogen-bond acceptors (Lipinski definition) is 4. The van der Waals surface area contributed by atoms with Crippen LogP contribution in [0, 0.1) is 12.8 Å². The zero-order chi connectivity index (χ0) is 11.9. The molecule has 2 rings (SSSR count). The van der Waals surface area contributed by atoms with Crippen LogP contribution in [0.4, 0.5) is 0 Å². The molecule has 0 amide bonds. The molecule has 0 bridgehead atoms. The van der Waals surface area contributed by atoms with Gasteiger partial charge >= 0.3 is 5.97 Å². The van der Waals surface area contributed by atoms with Crippen molar-refractivity contribution in [3.63, 3.8) is 0 Å². The molecule has 1 saturated carbocycles. The van der Waals surface area contributed by atoms with Crippen molar-refractivity contribution in [2.45, 2.75) is 19.4 Å². The van der Waals surface area contributed by atoms with Crippen LogP contribution in [0.5, 0.6) is 0 Å². The van der Waals surface area contributed by atoms with Gasteiger partial charge in [-0.1, -0.05) is 11.6 Å². The molecule has 1 aromatic heterocycles. The lowest BCUT2D eigenvalue weighted by Gasteiger charge is -2.04. The normalized spacial score (nSPS) is 22.9. The van der Waals surface area contributed by atoms with E-state index in [4.69, 9.17) is 11.6 Å². The van der Waals surface area contributed by atoms with Gasteiger partial charge in [0, 0.05) is 6.07 Å². The number of aromatic nitrogens is 2. The first kappa shape index (κ1) is 11.1. The lowest BCUT2D eigenvalue weighted by molar-refractivity contribution is -0.142. The van der Waals surface area contributed by atoms with Gasteiger partial charge in [-0.25, -0.2) is 4.68 Å². The first-order chi connectivity index (χ1) is 7.54. The Balaban J connectivity index is 2.28. The molecule has 2 atom stereocenters. The topological polar surface area (TPSA) is 61.2 Å². The molecule has 1 aliphatic carbocycles. The molecule has 1 aliphatic rings. The number of methoxy groups -OCH3 is 1. The molecular formula is C10H11ClN2O3. The van der Waals surface area contributed by atoms with E-state index in [0.717, 1.165) is 0 Å². The Hall–Kier alpha value is -1.36. The zero-order valence-electron chi connectivity index (χ0n) is 8.94. The van der Waals surface area contributed by atoms with Crippen LogP contribution in [0.15, 0.2) is 10.9 Å². The van der Waals surface area contributed by atoms with E-state index in [2.05, 4.69) is 9.84 Å². The second-order valence-electron chi connectivity index (χ2n) is 3.83. The van der Waals surface area contributed by atoms with Gasteiger partial charge in [0.15, 0.2) is 5.15 Å².